The highest BCUT2D eigenvalue weighted by atomic mass is 32.2. The number of carboxylic acids is 1. The molecule has 1 N–H and O–H groups in total. The van der Waals surface area contributed by atoms with Gasteiger partial charge in [-0.15, -0.1) is 0 Å². The maximum atomic E-state index is 10.9. The van der Waals surface area contributed by atoms with Crippen LogP contribution in [0.4, 0.5) is 0 Å². The molecule has 0 amide bonds. The van der Waals surface area contributed by atoms with Crippen molar-refractivity contribution in [2.24, 2.45) is 0 Å². The van der Waals surface area contributed by atoms with Crippen molar-refractivity contribution < 1.29 is 22.5 Å². The summed E-state index contributed by atoms with van der Waals surface area (Å²) in [6.45, 7) is 2.28. The van der Waals surface area contributed by atoms with Crippen LogP contribution in [-0.4, -0.2) is 56.4 Å². The van der Waals surface area contributed by atoms with Crippen LogP contribution in [0.15, 0.2) is 0 Å². The minimum absolute atomic E-state index is 0.180. The van der Waals surface area contributed by atoms with E-state index in [1.54, 1.807) is 0 Å². The molecule has 0 aromatic heterocycles. The highest BCUT2D eigenvalue weighted by Gasteiger charge is 2.22. The average Bonchev–Trinajstić information content (AvgIpc) is 2.18. The van der Waals surface area contributed by atoms with Crippen molar-refractivity contribution in [1.29, 1.82) is 0 Å². The van der Waals surface area contributed by atoms with Gasteiger partial charge in [-0.3, -0.25) is 8.98 Å². The van der Waals surface area contributed by atoms with Crippen LogP contribution in [-0.2, 0) is 19.1 Å². The summed E-state index contributed by atoms with van der Waals surface area (Å²) in [6, 6.07) is 0. The largest absolute Gasteiger partial charge is 0.481 e. The number of hydrogen-bond donors (Lipinski definition) is 1. The lowest BCUT2D eigenvalue weighted by Gasteiger charge is -2.30. The first-order valence-electron chi connectivity index (χ1n) is 5.69. The van der Waals surface area contributed by atoms with Gasteiger partial charge in [-0.25, -0.2) is 0 Å². The molecule has 0 radical (unpaired) electrons. The maximum Gasteiger partial charge on any atom is 0.303 e. The Bertz CT molecular complexity index is 346. The van der Waals surface area contributed by atoms with Crippen molar-refractivity contribution >= 4 is 16.1 Å². The van der Waals surface area contributed by atoms with Crippen molar-refractivity contribution in [1.82, 2.24) is 4.90 Å². The first kappa shape index (κ1) is 14.4. The predicted molar refractivity (Wildman–Crippen MR) is 62.3 cm³/mol. The van der Waals surface area contributed by atoms with E-state index in [1.165, 1.54) is 0 Å². The normalized spacial score (nSPS) is 19.4. The van der Waals surface area contributed by atoms with E-state index < -0.39 is 16.1 Å². The molecule has 1 fully saturated rings. The summed E-state index contributed by atoms with van der Waals surface area (Å²) in [6.07, 6.45) is 3.01. The van der Waals surface area contributed by atoms with E-state index in [1.807, 2.05) is 0 Å². The van der Waals surface area contributed by atoms with Crippen molar-refractivity contribution in [2.75, 3.05) is 25.9 Å². The van der Waals surface area contributed by atoms with Gasteiger partial charge in [0.2, 0.25) is 0 Å². The van der Waals surface area contributed by atoms with E-state index in [0.29, 0.717) is 19.3 Å². The molecule has 0 aromatic carbocycles. The fraction of sp³-hybridized carbons (Fsp3) is 0.900. The van der Waals surface area contributed by atoms with Crippen LogP contribution < -0.4 is 0 Å². The number of carboxylic acid groups (broad SMARTS) is 1. The molecule has 17 heavy (non-hydrogen) atoms. The summed E-state index contributed by atoms with van der Waals surface area (Å²) in [5.41, 5.74) is 0. The van der Waals surface area contributed by atoms with Gasteiger partial charge in [0.25, 0.3) is 10.1 Å². The Morgan fingerprint density at radius 3 is 2.47 bits per heavy atom. The molecule has 0 bridgehead atoms. The van der Waals surface area contributed by atoms with Gasteiger partial charge in [0.05, 0.1) is 12.4 Å². The molecule has 7 heteroatoms. The van der Waals surface area contributed by atoms with Gasteiger partial charge >= 0.3 is 5.97 Å². The number of aliphatic carboxylic acids is 1. The third kappa shape index (κ3) is 6.60. The molecule has 0 unspecified atom stereocenters. The Hall–Kier alpha value is -0.660. The van der Waals surface area contributed by atoms with Gasteiger partial charge in [-0.1, -0.05) is 0 Å². The molecule has 0 atom stereocenters. The summed E-state index contributed by atoms with van der Waals surface area (Å²) in [4.78, 5) is 12.5. The molecule has 1 heterocycles. The first-order chi connectivity index (χ1) is 7.87. The topological polar surface area (TPSA) is 83.9 Å². The number of nitrogens with zero attached hydrogens (tertiary/aromatic N) is 1. The number of likely N-dealkylation sites (tertiary alicyclic amines) is 1. The minimum atomic E-state index is -3.37. The van der Waals surface area contributed by atoms with Crippen molar-refractivity contribution in [3.8, 4) is 0 Å². The summed E-state index contributed by atoms with van der Waals surface area (Å²) in [5, 5.41) is 8.51. The van der Waals surface area contributed by atoms with Crippen LogP contribution in [0, 0.1) is 0 Å². The molecule has 100 valence electrons. The van der Waals surface area contributed by atoms with E-state index >= 15 is 0 Å². The molecule has 1 rings (SSSR count). The highest BCUT2D eigenvalue weighted by Crippen LogP contribution is 2.15. The number of hydrogen-bond acceptors (Lipinski definition) is 5. The quantitative estimate of drug-likeness (QED) is 0.695. The van der Waals surface area contributed by atoms with Gasteiger partial charge in [0, 0.05) is 19.5 Å². The van der Waals surface area contributed by atoms with Crippen LogP contribution in [0.3, 0.4) is 0 Å². The zero-order valence-corrected chi connectivity index (χ0v) is 10.8. The smallest absolute Gasteiger partial charge is 0.303 e. The fourth-order valence-corrected chi connectivity index (χ4v) is 2.62. The second-order valence-corrected chi connectivity index (χ2v) is 5.94. The van der Waals surface area contributed by atoms with Crippen molar-refractivity contribution in [3.05, 3.63) is 0 Å². The Balaban J connectivity index is 2.19. The zero-order chi connectivity index (χ0) is 12.9. The minimum Gasteiger partial charge on any atom is -0.481 e. The molecular weight excluding hydrogens is 246 g/mol. The van der Waals surface area contributed by atoms with Crippen LogP contribution in [0.25, 0.3) is 0 Å². The maximum absolute atomic E-state index is 10.9. The fourth-order valence-electron chi connectivity index (χ4n) is 1.93. The second-order valence-electron chi connectivity index (χ2n) is 4.34. The third-order valence-corrected chi connectivity index (χ3v) is 3.33. The van der Waals surface area contributed by atoms with E-state index in [4.69, 9.17) is 9.29 Å². The van der Waals surface area contributed by atoms with Crippen molar-refractivity contribution in [2.45, 2.75) is 31.8 Å². The average molecular weight is 265 g/mol. The molecular formula is C10H19NO5S. The van der Waals surface area contributed by atoms with Gasteiger partial charge in [-0.05, 0) is 25.8 Å². The van der Waals surface area contributed by atoms with Crippen LogP contribution in [0.2, 0.25) is 0 Å². The standard InChI is InChI=1S/C10H19NO5S/c1-17(14,15)16-9-4-7-11(8-5-9)6-2-3-10(12)13/h9H,2-8H2,1H3,(H,12,13). The SMILES string of the molecule is CS(=O)(=O)OC1CCN(CCCC(=O)O)CC1. The predicted octanol–water partition coefficient (Wildman–Crippen LogP) is 0.292. The van der Waals surface area contributed by atoms with E-state index in [-0.39, 0.29) is 12.5 Å². The summed E-state index contributed by atoms with van der Waals surface area (Å²) < 4.78 is 26.8. The van der Waals surface area contributed by atoms with Gasteiger partial charge < -0.3 is 10.0 Å². The molecule has 0 saturated carbocycles. The lowest BCUT2D eigenvalue weighted by atomic mass is 10.1. The summed E-state index contributed by atoms with van der Waals surface area (Å²) in [5.74, 6) is -0.778. The lowest BCUT2D eigenvalue weighted by molar-refractivity contribution is -0.137. The van der Waals surface area contributed by atoms with Gasteiger partial charge in [0.15, 0.2) is 0 Å². The Labute approximate surface area is 102 Å². The molecule has 6 nitrogen and oxygen atoms in total. The molecule has 0 spiro atoms. The first-order valence-corrected chi connectivity index (χ1v) is 7.51. The van der Waals surface area contributed by atoms with Crippen LogP contribution in [0.1, 0.15) is 25.7 Å². The number of rotatable bonds is 6. The van der Waals surface area contributed by atoms with Crippen LogP contribution in [0.5, 0.6) is 0 Å². The van der Waals surface area contributed by atoms with Crippen LogP contribution >= 0.6 is 0 Å². The lowest BCUT2D eigenvalue weighted by Crippen LogP contribution is -2.38. The monoisotopic (exact) mass is 265 g/mol. The Morgan fingerprint density at radius 1 is 1.41 bits per heavy atom. The number of piperidine rings is 1. The molecule has 1 aliphatic rings. The Morgan fingerprint density at radius 2 is 2.00 bits per heavy atom. The second kappa shape index (κ2) is 6.32. The summed E-state index contributed by atoms with van der Waals surface area (Å²) in [7, 11) is -3.37. The molecule has 0 aliphatic carbocycles. The highest BCUT2D eigenvalue weighted by molar-refractivity contribution is 7.86. The van der Waals surface area contributed by atoms with Gasteiger partial charge in [-0.2, -0.15) is 8.42 Å². The molecule has 0 aromatic rings. The molecule has 1 saturated heterocycles. The van der Waals surface area contributed by atoms with E-state index in [0.717, 1.165) is 25.9 Å². The number of carbonyl (C=O) groups is 1. The molecule has 1 aliphatic heterocycles. The van der Waals surface area contributed by atoms with Crippen molar-refractivity contribution in [3.63, 3.8) is 0 Å². The third-order valence-electron chi connectivity index (χ3n) is 2.71. The zero-order valence-electron chi connectivity index (χ0n) is 9.96. The van der Waals surface area contributed by atoms with E-state index in [9.17, 15) is 13.2 Å². The summed E-state index contributed by atoms with van der Waals surface area (Å²) >= 11 is 0. The van der Waals surface area contributed by atoms with E-state index in [2.05, 4.69) is 4.90 Å². The van der Waals surface area contributed by atoms with Gasteiger partial charge in [0.1, 0.15) is 0 Å². The Kier molecular flexibility index (Phi) is 5.35.